The molecule has 3 heterocycles. The highest BCUT2D eigenvalue weighted by molar-refractivity contribution is 5.94. The van der Waals surface area contributed by atoms with Gasteiger partial charge in [-0.25, -0.2) is 0 Å². The highest BCUT2D eigenvalue weighted by atomic mass is 16.5. The molecular formula is C15H18N4O2. The van der Waals surface area contributed by atoms with Crippen molar-refractivity contribution in [2.75, 3.05) is 12.4 Å². The third kappa shape index (κ3) is 2.61. The average molecular weight is 286 g/mol. The Morgan fingerprint density at radius 1 is 1.43 bits per heavy atom. The van der Waals surface area contributed by atoms with Gasteiger partial charge in [0.25, 0.3) is 0 Å². The van der Waals surface area contributed by atoms with Crippen molar-refractivity contribution in [3.05, 3.63) is 35.9 Å². The van der Waals surface area contributed by atoms with Crippen LogP contribution in [0.3, 0.4) is 0 Å². The Hall–Kier alpha value is -2.37. The number of anilines is 1. The molecule has 2 aromatic rings. The highest BCUT2D eigenvalue weighted by Gasteiger charge is 2.25. The number of fused-ring (bicyclic) bond motifs is 1. The fraction of sp³-hybridized carbons (Fsp3) is 0.400. The summed E-state index contributed by atoms with van der Waals surface area (Å²) in [7, 11) is 1.58. The van der Waals surface area contributed by atoms with E-state index >= 15 is 0 Å². The standard InChI is InChI=1S/C15H18N4O2/c1-10-14(21-2)13(4-6-16-10)18-15(20)11-5-8-19-12(9-11)3-7-17-19/h3-4,6-7,11H,5,8-9H2,1-2H3,(H,16,18,20). The number of aryl methyl sites for hydroxylation is 2. The first-order valence-corrected chi connectivity index (χ1v) is 7.00. The molecule has 1 amide bonds. The van der Waals surface area contributed by atoms with Gasteiger partial charge in [0.05, 0.1) is 18.5 Å². The van der Waals surface area contributed by atoms with Crippen molar-refractivity contribution in [3.8, 4) is 5.75 Å². The molecule has 1 atom stereocenters. The quantitative estimate of drug-likeness (QED) is 0.934. The summed E-state index contributed by atoms with van der Waals surface area (Å²) in [5.41, 5.74) is 2.55. The van der Waals surface area contributed by atoms with Crippen LogP contribution in [-0.2, 0) is 17.8 Å². The molecule has 110 valence electrons. The topological polar surface area (TPSA) is 69.0 Å². The maximum atomic E-state index is 12.5. The van der Waals surface area contributed by atoms with Gasteiger partial charge in [0.15, 0.2) is 5.75 Å². The number of carbonyl (C=O) groups is 1. The van der Waals surface area contributed by atoms with Crippen LogP contribution in [0.5, 0.6) is 5.75 Å². The van der Waals surface area contributed by atoms with Gasteiger partial charge in [0, 0.05) is 37.0 Å². The number of nitrogens with zero attached hydrogens (tertiary/aromatic N) is 3. The van der Waals surface area contributed by atoms with E-state index in [0.29, 0.717) is 11.4 Å². The zero-order valence-electron chi connectivity index (χ0n) is 12.2. The molecule has 0 spiro atoms. The number of methoxy groups -OCH3 is 1. The smallest absolute Gasteiger partial charge is 0.228 e. The van der Waals surface area contributed by atoms with Crippen molar-refractivity contribution >= 4 is 11.6 Å². The fourth-order valence-corrected chi connectivity index (χ4v) is 2.73. The van der Waals surface area contributed by atoms with Gasteiger partial charge in [0.1, 0.15) is 0 Å². The maximum Gasteiger partial charge on any atom is 0.228 e. The molecule has 2 aromatic heterocycles. The van der Waals surface area contributed by atoms with E-state index in [4.69, 9.17) is 4.74 Å². The summed E-state index contributed by atoms with van der Waals surface area (Å²) in [6.45, 7) is 2.64. The predicted octanol–water partition coefficient (Wildman–Crippen LogP) is 1.80. The Kier molecular flexibility index (Phi) is 3.60. The van der Waals surface area contributed by atoms with Gasteiger partial charge in [-0.05, 0) is 25.5 Å². The number of hydrogen-bond donors (Lipinski definition) is 1. The van der Waals surface area contributed by atoms with E-state index in [1.165, 1.54) is 0 Å². The highest BCUT2D eigenvalue weighted by Crippen LogP contribution is 2.28. The van der Waals surface area contributed by atoms with Crippen molar-refractivity contribution in [2.45, 2.75) is 26.3 Å². The number of hydrogen-bond acceptors (Lipinski definition) is 4. The van der Waals surface area contributed by atoms with E-state index in [1.807, 2.05) is 17.7 Å². The van der Waals surface area contributed by atoms with E-state index in [2.05, 4.69) is 15.4 Å². The summed E-state index contributed by atoms with van der Waals surface area (Å²) in [4.78, 5) is 16.6. The average Bonchev–Trinajstić information content (AvgIpc) is 2.94. The van der Waals surface area contributed by atoms with Crippen molar-refractivity contribution < 1.29 is 9.53 Å². The second-order valence-electron chi connectivity index (χ2n) is 5.20. The number of nitrogens with one attached hydrogen (secondary N) is 1. The number of ether oxygens (including phenoxy) is 1. The van der Waals surface area contributed by atoms with E-state index in [-0.39, 0.29) is 11.8 Å². The van der Waals surface area contributed by atoms with Gasteiger partial charge in [-0.3, -0.25) is 14.5 Å². The summed E-state index contributed by atoms with van der Waals surface area (Å²) >= 11 is 0. The minimum absolute atomic E-state index is 0.0198. The SMILES string of the molecule is COc1c(NC(=O)C2CCn3nccc3C2)ccnc1C. The molecule has 0 saturated carbocycles. The zero-order chi connectivity index (χ0) is 14.8. The summed E-state index contributed by atoms with van der Waals surface area (Å²) in [5.74, 6) is 0.602. The lowest BCUT2D eigenvalue weighted by Gasteiger charge is -2.23. The first kappa shape index (κ1) is 13.6. The number of aromatic nitrogens is 3. The van der Waals surface area contributed by atoms with Crippen LogP contribution < -0.4 is 10.1 Å². The molecule has 1 N–H and O–H groups in total. The van der Waals surface area contributed by atoms with Crippen LogP contribution in [0.4, 0.5) is 5.69 Å². The minimum Gasteiger partial charge on any atom is -0.493 e. The molecule has 1 aliphatic rings. The zero-order valence-corrected chi connectivity index (χ0v) is 12.2. The van der Waals surface area contributed by atoms with Crippen LogP contribution in [0.1, 0.15) is 17.8 Å². The van der Waals surface area contributed by atoms with Gasteiger partial charge in [-0.15, -0.1) is 0 Å². The van der Waals surface area contributed by atoms with Crippen LogP contribution >= 0.6 is 0 Å². The molecule has 3 rings (SSSR count). The second-order valence-corrected chi connectivity index (χ2v) is 5.20. The molecule has 0 saturated heterocycles. The van der Waals surface area contributed by atoms with Crippen molar-refractivity contribution in [1.29, 1.82) is 0 Å². The normalized spacial score (nSPS) is 17.1. The van der Waals surface area contributed by atoms with Crippen LogP contribution in [0.15, 0.2) is 24.5 Å². The second kappa shape index (κ2) is 5.55. The van der Waals surface area contributed by atoms with Crippen LogP contribution in [0.2, 0.25) is 0 Å². The molecule has 0 fully saturated rings. The Morgan fingerprint density at radius 3 is 3.10 bits per heavy atom. The molecule has 0 aromatic carbocycles. The van der Waals surface area contributed by atoms with Crippen LogP contribution in [0.25, 0.3) is 0 Å². The summed E-state index contributed by atoms with van der Waals surface area (Å²) < 4.78 is 7.28. The fourth-order valence-electron chi connectivity index (χ4n) is 2.73. The molecule has 21 heavy (non-hydrogen) atoms. The molecule has 6 heteroatoms. The maximum absolute atomic E-state index is 12.5. The Balaban J connectivity index is 1.74. The van der Waals surface area contributed by atoms with Gasteiger partial charge in [-0.1, -0.05) is 0 Å². The minimum atomic E-state index is -0.0348. The Labute approximate surface area is 123 Å². The first-order valence-electron chi connectivity index (χ1n) is 7.00. The van der Waals surface area contributed by atoms with Crippen molar-refractivity contribution in [3.63, 3.8) is 0 Å². The van der Waals surface area contributed by atoms with E-state index < -0.39 is 0 Å². The number of carbonyl (C=O) groups excluding carboxylic acids is 1. The molecule has 0 radical (unpaired) electrons. The van der Waals surface area contributed by atoms with Crippen molar-refractivity contribution in [2.24, 2.45) is 5.92 Å². The summed E-state index contributed by atoms with van der Waals surface area (Å²) in [6.07, 6.45) is 4.97. The molecule has 1 unspecified atom stereocenters. The van der Waals surface area contributed by atoms with Crippen LogP contribution in [-0.4, -0.2) is 27.8 Å². The molecule has 6 nitrogen and oxygen atoms in total. The molecular weight excluding hydrogens is 268 g/mol. The summed E-state index contributed by atoms with van der Waals surface area (Å²) in [5, 5.41) is 7.19. The lowest BCUT2D eigenvalue weighted by molar-refractivity contribution is -0.120. The Bertz CT molecular complexity index is 665. The third-order valence-electron chi connectivity index (χ3n) is 3.86. The van der Waals surface area contributed by atoms with E-state index in [1.54, 1.807) is 25.6 Å². The number of pyridine rings is 1. The van der Waals surface area contributed by atoms with E-state index in [0.717, 1.165) is 30.8 Å². The largest absolute Gasteiger partial charge is 0.493 e. The first-order chi connectivity index (χ1) is 10.2. The number of amides is 1. The number of rotatable bonds is 3. The molecule has 1 aliphatic heterocycles. The van der Waals surface area contributed by atoms with Crippen molar-refractivity contribution in [1.82, 2.24) is 14.8 Å². The predicted molar refractivity (Wildman–Crippen MR) is 78.2 cm³/mol. The van der Waals surface area contributed by atoms with Gasteiger partial charge >= 0.3 is 0 Å². The molecule has 0 aliphatic carbocycles. The molecule has 0 bridgehead atoms. The van der Waals surface area contributed by atoms with Crippen LogP contribution in [0, 0.1) is 12.8 Å². The van der Waals surface area contributed by atoms with E-state index in [9.17, 15) is 4.79 Å². The lowest BCUT2D eigenvalue weighted by atomic mass is 9.95. The summed E-state index contributed by atoms with van der Waals surface area (Å²) in [6, 6.07) is 3.73. The van der Waals surface area contributed by atoms with Gasteiger partial charge in [-0.2, -0.15) is 5.10 Å². The Morgan fingerprint density at radius 2 is 2.29 bits per heavy atom. The third-order valence-corrected chi connectivity index (χ3v) is 3.86. The van der Waals surface area contributed by atoms with Gasteiger partial charge in [0.2, 0.25) is 5.91 Å². The van der Waals surface area contributed by atoms with Gasteiger partial charge < -0.3 is 10.1 Å². The monoisotopic (exact) mass is 286 g/mol. The lowest BCUT2D eigenvalue weighted by Crippen LogP contribution is -2.30.